The number of hydrogen-bond acceptors (Lipinski definition) is 7. The second kappa shape index (κ2) is 12.2. The Hall–Kier alpha value is -4.15. The van der Waals surface area contributed by atoms with E-state index in [9.17, 15) is 18.0 Å². The fraction of sp³-hybridized carbons (Fsp3) is 0.226. The SMILES string of the molecule is COC(=O)c1c(NC(=O)CN(c2ccc(Oc3ccccc3)cc2)S(=O)(=O)c2ccc(C)cc2)sc2c1CCCC2. The van der Waals surface area contributed by atoms with Crippen LogP contribution in [0.1, 0.15) is 39.2 Å². The molecular weight excluding hydrogens is 560 g/mol. The van der Waals surface area contributed by atoms with Crippen LogP contribution in [0.15, 0.2) is 83.8 Å². The lowest BCUT2D eigenvalue weighted by Gasteiger charge is -2.24. The number of aryl methyl sites for hydroxylation is 2. The van der Waals surface area contributed by atoms with Crippen molar-refractivity contribution in [3.63, 3.8) is 0 Å². The van der Waals surface area contributed by atoms with Gasteiger partial charge in [0.2, 0.25) is 5.91 Å². The van der Waals surface area contributed by atoms with Crippen molar-refractivity contribution in [2.75, 3.05) is 23.3 Å². The molecule has 0 unspecified atom stereocenters. The minimum Gasteiger partial charge on any atom is -0.465 e. The average molecular weight is 591 g/mol. The topological polar surface area (TPSA) is 102 Å². The average Bonchev–Trinajstić information content (AvgIpc) is 3.34. The van der Waals surface area contributed by atoms with E-state index in [0.717, 1.165) is 46.0 Å². The van der Waals surface area contributed by atoms with E-state index in [2.05, 4.69) is 5.32 Å². The van der Waals surface area contributed by atoms with Crippen molar-refractivity contribution in [3.05, 3.63) is 100 Å². The Balaban J connectivity index is 1.45. The first-order chi connectivity index (χ1) is 19.8. The molecule has 1 aliphatic rings. The number of thiophene rings is 1. The number of nitrogens with one attached hydrogen (secondary N) is 1. The van der Waals surface area contributed by atoms with Gasteiger partial charge in [-0.25, -0.2) is 13.2 Å². The molecule has 41 heavy (non-hydrogen) atoms. The number of methoxy groups -OCH3 is 1. The quantitative estimate of drug-likeness (QED) is 0.228. The summed E-state index contributed by atoms with van der Waals surface area (Å²) in [5.41, 5.74) is 2.46. The van der Waals surface area contributed by atoms with Crippen LogP contribution >= 0.6 is 11.3 Å². The summed E-state index contributed by atoms with van der Waals surface area (Å²) in [7, 11) is -2.81. The van der Waals surface area contributed by atoms with E-state index in [1.54, 1.807) is 36.4 Å². The minimum absolute atomic E-state index is 0.0577. The van der Waals surface area contributed by atoms with Crippen LogP contribution in [0.3, 0.4) is 0 Å². The zero-order valence-electron chi connectivity index (χ0n) is 22.8. The number of rotatable bonds is 9. The van der Waals surface area contributed by atoms with Crippen molar-refractivity contribution in [2.45, 2.75) is 37.5 Å². The number of amides is 1. The summed E-state index contributed by atoms with van der Waals surface area (Å²) in [5.74, 6) is 0.0691. The van der Waals surface area contributed by atoms with Crippen LogP contribution in [-0.4, -0.2) is 33.9 Å². The van der Waals surface area contributed by atoms with Crippen LogP contribution in [0.25, 0.3) is 0 Å². The van der Waals surface area contributed by atoms with Gasteiger partial charge in [0.1, 0.15) is 23.0 Å². The molecule has 0 saturated heterocycles. The minimum atomic E-state index is -4.12. The monoisotopic (exact) mass is 590 g/mol. The lowest BCUT2D eigenvalue weighted by atomic mass is 9.95. The number of fused-ring (bicyclic) bond motifs is 1. The maximum Gasteiger partial charge on any atom is 0.341 e. The maximum absolute atomic E-state index is 13.8. The number of esters is 1. The van der Waals surface area contributed by atoms with E-state index in [1.807, 2.05) is 37.3 Å². The molecule has 1 amide bonds. The van der Waals surface area contributed by atoms with Crippen molar-refractivity contribution in [2.24, 2.45) is 0 Å². The Labute approximate surface area is 243 Å². The summed E-state index contributed by atoms with van der Waals surface area (Å²) in [6, 6.07) is 22.2. The van der Waals surface area contributed by atoms with Crippen molar-refractivity contribution in [1.29, 1.82) is 0 Å². The summed E-state index contributed by atoms with van der Waals surface area (Å²) in [6.07, 6.45) is 3.52. The van der Waals surface area contributed by atoms with Crippen LogP contribution in [0.5, 0.6) is 11.5 Å². The molecule has 212 valence electrons. The van der Waals surface area contributed by atoms with Gasteiger partial charge in [0.15, 0.2) is 0 Å². The molecule has 0 radical (unpaired) electrons. The summed E-state index contributed by atoms with van der Waals surface area (Å²) < 4.78 is 39.6. The van der Waals surface area contributed by atoms with E-state index in [0.29, 0.717) is 27.8 Å². The van der Waals surface area contributed by atoms with E-state index in [-0.39, 0.29) is 4.90 Å². The predicted octanol–water partition coefficient (Wildman–Crippen LogP) is 6.35. The number of hydrogen-bond donors (Lipinski definition) is 1. The first kappa shape index (κ1) is 28.4. The molecule has 4 aromatic rings. The van der Waals surface area contributed by atoms with Crippen LogP contribution < -0.4 is 14.4 Å². The van der Waals surface area contributed by atoms with Crippen LogP contribution in [0, 0.1) is 6.92 Å². The maximum atomic E-state index is 13.8. The molecule has 0 spiro atoms. The third-order valence-corrected chi connectivity index (χ3v) is 9.81. The zero-order chi connectivity index (χ0) is 29.0. The Morgan fingerprint density at radius 1 is 0.902 bits per heavy atom. The van der Waals surface area contributed by atoms with Crippen molar-refractivity contribution in [3.8, 4) is 11.5 Å². The highest BCUT2D eigenvalue weighted by atomic mass is 32.2. The number of benzene rings is 3. The van der Waals surface area contributed by atoms with Gasteiger partial charge in [0, 0.05) is 4.88 Å². The molecule has 3 aromatic carbocycles. The fourth-order valence-electron chi connectivity index (χ4n) is 4.73. The van der Waals surface area contributed by atoms with Gasteiger partial charge < -0.3 is 14.8 Å². The molecule has 5 rings (SSSR count). The van der Waals surface area contributed by atoms with Crippen molar-refractivity contribution < 1.29 is 27.5 Å². The molecule has 0 aliphatic heterocycles. The first-order valence-corrected chi connectivity index (χ1v) is 15.5. The number of nitrogens with zero attached hydrogens (tertiary/aromatic N) is 1. The van der Waals surface area contributed by atoms with Crippen molar-refractivity contribution >= 4 is 43.9 Å². The summed E-state index contributed by atoms with van der Waals surface area (Å²) in [6.45, 7) is 1.37. The summed E-state index contributed by atoms with van der Waals surface area (Å²) in [4.78, 5) is 27.2. The largest absolute Gasteiger partial charge is 0.465 e. The molecule has 8 nitrogen and oxygen atoms in total. The van der Waals surface area contributed by atoms with Gasteiger partial charge in [0.25, 0.3) is 10.0 Å². The highest BCUT2D eigenvalue weighted by Gasteiger charge is 2.30. The predicted molar refractivity (Wildman–Crippen MR) is 160 cm³/mol. The molecule has 1 aromatic heterocycles. The Morgan fingerprint density at radius 3 is 2.24 bits per heavy atom. The smallest absolute Gasteiger partial charge is 0.341 e. The number of para-hydroxylation sites is 1. The first-order valence-electron chi connectivity index (χ1n) is 13.2. The van der Waals surface area contributed by atoms with E-state index >= 15 is 0 Å². The van der Waals surface area contributed by atoms with E-state index < -0.39 is 28.4 Å². The van der Waals surface area contributed by atoms with Gasteiger partial charge in [-0.3, -0.25) is 9.10 Å². The second-order valence-electron chi connectivity index (χ2n) is 9.69. The van der Waals surface area contributed by atoms with E-state index in [1.165, 1.54) is 30.6 Å². The second-order valence-corrected chi connectivity index (χ2v) is 12.7. The van der Waals surface area contributed by atoms with E-state index in [4.69, 9.17) is 9.47 Å². The molecule has 0 bridgehead atoms. The number of anilines is 2. The van der Waals surface area contributed by atoms with Gasteiger partial charge in [-0.2, -0.15) is 0 Å². The van der Waals surface area contributed by atoms with Gasteiger partial charge >= 0.3 is 5.97 Å². The number of sulfonamides is 1. The summed E-state index contributed by atoms with van der Waals surface area (Å²) >= 11 is 1.35. The van der Waals surface area contributed by atoms with Gasteiger partial charge in [-0.1, -0.05) is 35.9 Å². The third kappa shape index (κ3) is 6.28. The molecule has 0 atom stereocenters. The highest BCUT2D eigenvalue weighted by Crippen LogP contribution is 2.38. The normalized spacial score (nSPS) is 12.7. The number of ether oxygens (including phenoxy) is 2. The molecule has 0 fully saturated rings. The lowest BCUT2D eigenvalue weighted by molar-refractivity contribution is -0.114. The Bertz CT molecular complexity index is 1650. The fourth-order valence-corrected chi connectivity index (χ4v) is 7.44. The molecule has 10 heteroatoms. The van der Waals surface area contributed by atoms with Gasteiger partial charge in [-0.15, -0.1) is 11.3 Å². The highest BCUT2D eigenvalue weighted by molar-refractivity contribution is 7.92. The van der Waals surface area contributed by atoms with Gasteiger partial charge in [-0.05, 0) is 86.7 Å². The number of carbonyl (C=O) groups excluding carboxylic acids is 2. The molecule has 1 aliphatic carbocycles. The molecule has 1 N–H and O–H groups in total. The van der Waals surface area contributed by atoms with Crippen LogP contribution in [0.2, 0.25) is 0 Å². The Kier molecular flexibility index (Phi) is 8.41. The standard InChI is InChI=1S/C31H30N2O6S2/c1-21-12-18-25(19-13-21)41(36,37)33(22-14-16-24(17-15-22)39-23-8-4-3-5-9-23)20-28(34)32-30-29(31(35)38-2)26-10-6-7-11-27(26)40-30/h3-5,8-9,12-19H,6-7,10-11,20H2,1-2H3,(H,32,34). The van der Waals surface area contributed by atoms with Crippen LogP contribution in [0.4, 0.5) is 10.7 Å². The third-order valence-electron chi connectivity index (χ3n) is 6.81. The molecule has 0 saturated carbocycles. The molecule has 1 heterocycles. The van der Waals surface area contributed by atoms with Gasteiger partial charge in [0.05, 0.1) is 23.3 Å². The van der Waals surface area contributed by atoms with Crippen molar-refractivity contribution in [1.82, 2.24) is 0 Å². The lowest BCUT2D eigenvalue weighted by Crippen LogP contribution is -2.38. The molecular formula is C31H30N2O6S2. The zero-order valence-corrected chi connectivity index (χ0v) is 24.4. The Morgan fingerprint density at radius 2 is 1.56 bits per heavy atom. The van der Waals surface area contributed by atoms with Crippen LogP contribution in [-0.2, 0) is 32.4 Å². The summed E-state index contributed by atoms with van der Waals surface area (Å²) in [5, 5.41) is 3.19. The number of carbonyl (C=O) groups is 2.